The smallest absolute Gasteiger partial charge is 0.0562 e. The first-order chi connectivity index (χ1) is 20.8. The Labute approximate surface area is 243 Å². The SMILES string of the molecule is c1ccc(-n2c3ccccc3c3cc4c5ccccc5n(-c5ccc(-c6cccc7ccccc67)cc5)c4cc32)cc1. The van der Waals surface area contributed by atoms with Crippen LogP contribution in [0, 0.1) is 0 Å². The van der Waals surface area contributed by atoms with E-state index in [0.29, 0.717) is 0 Å². The highest BCUT2D eigenvalue weighted by atomic mass is 15.0. The van der Waals surface area contributed by atoms with Gasteiger partial charge in [0, 0.05) is 32.9 Å². The van der Waals surface area contributed by atoms with Crippen LogP contribution < -0.4 is 0 Å². The van der Waals surface area contributed by atoms with Gasteiger partial charge in [0.25, 0.3) is 0 Å². The van der Waals surface area contributed by atoms with Gasteiger partial charge in [0.05, 0.1) is 22.1 Å². The second kappa shape index (κ2) is 8.95. The molecule has 0 saturated carbocycles. The Morgan fingerprint density at radius 3 is 1.50 bits per heavy atom. The highest BCUT2D eigenvalue weighted by Gasteiger charge is 2.18. The molecule has 0 aliphatic heterocycles. The molecular formula is C40H26N2. The monoisotopic (exact) mass is 534 g/mol. The molecule has 42 heavy (non-hydrogen) atoms. The molecule has 0 N–H and O–H groups in total. The van der Waals surface area contributed by atoms with E-state index in [1.807, 2.05) is 0 Å². The van der Waals surface area contributed by atoms with Crippen LogP contribution in [0.25, 0.3) is 76.9 Å². The molecule has 0 bridgehead atoms. The van der Waals surface area contributed by atoms with Crippen molar-refractivity contribution >= 4 is 54.4 Å². The van der Waals surface area contributed by atoms with Gasteiger partial charge in [-0.1, -0.05) is 109 Å². The Morgan fingerprint density at radius 1 is 0.310 bits per heavy atom. The number of hydrogen-bond donors (Lipinski definition) is 0. The van der Waals surface area contributed by atoms with Crippen LogP contribution in [0.15, 0.2) is 158 Å². The van der Waals surface area contributed by atoms with Crippen molar-refractivity contribution in [1.29, 1.82) is 0 Å². The summed E-state index contributed by atoms with van der Waals surface area (Å²) in [6, 6.07) is 57.2. The summed E-state index contributed by atoms with van der Waals surface area (Å²) in [6.07, 6.45) is 0. The van der Waals surface area contributed by atoms with Crippen molar-refractivity contribution in [1.82, 2.24) is 9.13 Å². The molecule has 2 heterocycles. The molecule has 0 amide bonds. The van der Waals surface area contributed by atoms with Gasteiger partial charge >= 0.3 is 0 Å². The van der Waals surface area contributed by atoms with Gasteiger partial charge < -0.3 is 9.13 Å². The first kappa shape index (κ1) is 23.1. The van der Waals surface area contributed by atoms with Gasteiger partial charge in [-0.05, 0) is 70.4 Å². The fourth-order valence-corrected chi connectivity index (χ4v) is 6.83. The summed E-state index contributed by atoms with van der Waals surface area (Å²) in [5.74, 6) is 0. The van der Waals surface area contributed by atoms with Gasteiger partial charge in [-0.3, -0.25) is 0 Å². The van der Waals surface area contributed by atoms with Crippen LogP contribution in [-0.2, 0) is 0 Å². The molecule has 2 heteroatoms. The van der Waals surface area contributed by atoms with Gasteiger partial charge in [-0.25, -0.2) is 0 Å². The lowest BCUT2D eigenvalue weighted by molar-refractivity contribution is 1.16. The molecule has 0 saturated heterocycles. The first-order valence-corrected chi connectivity index (χ1v) is 14.5. The van der Waals surface area contributed by atoms with Crippen molar-refractivity contribution in [2.45, 2.75) is 0 Å². The molecule has 196 valence electrons. The maximum atomic E-state index is 2.42. The summed E-state index contributed by atoms with van der Waals surface area (Å²) in [7, 11) is 0. The van der Waals surface area contributed by atoms with E-state index >= 15 is 0 Å². The highest BCUT2D eigenvalue weighted by molar-refractivity contribution is 6.19. The molecule has 7 aromatic carbocycles. The van der Waals surface area contributed by atoms with Crippen LogP contribution in [0.3, 0.4) is 0 Å². The van der Waals surface area contributed by atoms with E-state index in [1.165, 1.54) is 71.2 Å². The van der Waals surface area contributed by atoms with Crippen molar-refractivity contribution in [2.24, 2.45) is 0 Å². The van der Waals surface area contributed by atoms with E-state index in [1.54, 1.807) is 0 Å². The fourth-order valence-electron chi connectivity index (χ4n) is 6.83. The van der Waals surface area contributed by atoms with Crippen molar-refractivity contribution < 1.29 is 0 Å². The second-order valence-electron chi connectivity index (χ2n) is 11.0. The maximum absolute atomic E-state index is 2.42. The van der Waals surface area contributed by atoms with E-state index in [4.69, 9.17) is 0 Å². The second-order valence-corrected chi connectivity index (χ2v) is 11.0. The van der Waals surface area contributed by atoms with E-state index in [-0.39, 0.29) is 0 Å². The van der Waals surface area contributed by atoms with E-state index in [2.05, 4.69) is 167 Å². The Hall–Kier alpha value is -5.60. The van der Waals surface area contributed by atoms with Crippen LogP contribution in [0.4, 0.5) is 0 Å². The zero-order valence-corrected chi connectivity index (χ0v) is 22.9. The molecular weight excluding hydrogens is 508 g/mol. The Kier molecular flexibility index (Phi) is 4.93. The van der Waals surface area contributed by atoms with Crippen molar-refractivity contribution in [3.63, 3.8) is 0 Å². The fraction of sp³-hybridized carbons (Fsp3) is 0. The van der Waals surface area contributed by atoms with Crippen LogP contribution in [-0.4, -0.2) is 9.13 Å². The van der Waals surface area contributed by atoms with Gasteiger partial charge in [0.2, 0.25) is 0 Å². The number of rotatable bonds is 3. The highest BCUT2D eigenvalue weighted by Crippen LogP contribution is 2.40. The number of nitrogens with zero attached hydrogens (tertiary/aromatic N) is 2. The summed E-state index contributed by atoms with van der Waals surface area (Å²) >= 11 is 0. The van der Waals surface area contributed by atoms with Gasteiger partial charge in [-0.2, -0.15) is 0 Å². The standard InChI is InChI=1S/C40H26N2/c1-2-13-29(14-3-1)41-37-19-8-6-16-33(37)35-25-36-34-17-7-9-20-38(34)42(40(36)26-39(35)41)30-23-21-28(22-24-30)32-18-10-12-27-11-4-5-15-31(27)32/h1-26H. The predicted molar refractivity (Wildman–Crippen MR) is 178 cm³/mol. The number of benzene rings is 7. The average molecular weight is 535 g/mol. The van der Waals surface area contributed by atoms with Crippen molar-refractivity contribution in [3.05, 3.63) is 158 Å². The maximum Gasteiger partial charge on any atom is 0.0562 e. The lowest BCUT2D eigenvalue weighted by Gasteiger charge is -2.12. The third-order valence-corrected chi connectivity index (χ3v) is 8.71. The zero-order chi connectivity index (χ0) is 27.6. The largest absolute Gasteiger partial charge is 0.309 e. The Morgan fingerprint density at radius 2 is 0.833 bits per heavy atom. The van der Waals surface area contributed by atoms with Crippen LogP contribution >= 0.6 is 0 Å². The lowest BCUT2D eigenvalue weighted by atomic mass is 9.98. The average Bonchev–Trinajstić information content (AvgIpc) is 3.56. The molecule has 0 atom stereocenters. The van der Waals surface area contributed by atoms with Crippen LogP contribution in [0.5, 0.6) is 0 Å². The Balaban J connectivity index is 1.32. The van der Waals surface area contributed by atoms with Crippen LogP contribution in [0.1, 0.15) is 0 Å². The zero-order valence-electron chi connectivity index (χ0n) is 22.9. The Bertz CT molecular complexity index is 2440. The molecule has 2 aromatic heterocycles. The molecule has 0 aliphatic carbocycles. The number of hydrogen-bond acceptors (Lipinski definition) is 0. The minimum absolute atomic E-state index is 1.16. The number of aromatic nitrogens is 2. The molecule has 0 radical (unpaired) electrons. The molecule has 0 unspecified atom stereocenters. The van der Waals surface area contributed by atoms with Gasteiger partial charge in [0.15, 0.2) is 0 Å². The summed E-state index contributed by atoms with van der Waals surface area (Å²) < 4.78 is 4.82. The molecule has 2 nitrogen and oxygen atoms in total. The summed E-state index contributed by atoms with van der Waals surface area (Å²) in [5, 5.41) is 7.63. The minimum atomic E-state index is 1.16. The quantitative estimate of drug-likeness (QED) is 0.213. The molecule has 0 spiro atoms. The molecule has 9 aromatic rings. The van der Waals surface area contributed by atoms with E-state index in [9.17, 15) is 0 Å². The normalized spacial score (nSPS) is 11.8. The van der Waals surface area contributed by atoms with E-state index in [0.717, 1.165) is 5.69 Å². The lowest BCUT2D eigenvalue weighted by Crippen LogP contribution is -1.96. The molecule has 9 rings (SSSR count). The third-order valence-electron chi connectivity index (χ3n) is 8.71. The van der Waals surface area contributed by atoms with Gasteiger partial charge in [-0.15, -0.1) is 0 Å². The van der Waals surface area contributed by atoms with E-state index < -0.39 is 0 Å². The summed E-state index contributed by atoms with van der Waals surface area (Å²) in [6.45, 7) is 0. The van der Waals surface area contributed by atoms with Crippen molar-refractivity contribution in [2.75, 3.05) is 0 Å². The summed E-state index contributed by atoms with van der Waals surface area (Å²) in [4.78, 5) is 0. The molecule has 0 fully saturated rings. The van der Waals surface area contributed by atoms with Crippen LogP contribution in [0.2, 0.25) is 0 Å². The first-order valence-electron chi connectivity index (χ1n) is 14.5. The number of para-hydroxylation sites is 3. The topological polar surface area (TPSA) is 9.86 Å². The summed E-state index contributed by atoms with van der Waals surface area (Å²) in [5.41, 5.74) is 9.68. The minimum Gasteiger partial charge on any atom is -0.309 e. The predicted octanol–water partition coefficient (Wildman–Crippen LogP) is 10.7. The molecule has 0 aliphatic rings. The van der Waals surface area contributed by atoms with Crippen molar-refractivity contribution in [3.8, 4) is 22.5 Å². The third kappa shape index (κ3) is 3.33. The number of fused-ring (bicyclic) bond motifs is 7. The van der Waals surface area contributed by atoms with Gasteiger partial charge in [0.1, 0.15) is 0 Å².